The maximum Gasteiger partial charge on any atom is 0.416 e. The first kappa shape index (κ1) is 106. The van der Waals surface area contributed by atoms with E-state index in [9.17, 15) is 62.2 Å². The summed E-state index contributed by atoms with van der Waals surface area (Å²) in [5.74, 6) is 0.632. The zero-order chi connectivity index (χ0) is 102. The van der Waals surface area contributed by atoms with Gasteiger partial charge >= 0.3 is 6.18 Å². The van der Waals surface area contributed by atoms with Crippen LogP contribution in [0, 0.1) is 41.5 Å². The minimum Gasteiger partial charge on any atom is -0.508 e. The van der Waals surface area contributed by atoms with E-state index in [0.717, 1.165) is 140 Å². The van der Waals surface area contributed by atoms with Gasteiger partial charge in [-0.15, -0.1) is 0 Å². The number of hydrogen-bond donors (Lipinski definition) is 3. The van der Waals surface area contributed by atoms with Crippen LogP contribution in [0.3, 0.4) is 0 Å². The predicted molar refractivity (Wildman–Crippen MR) is 566 cm³/mol. The molecule has 28 heteroatoms. The molecule has 0 amide bonds. The fourth-order valence-corrected chi connectivity index (χ4v) is 30.5. The molecule has 4 unspecified atom stereocenters. The molecular formula is C117H135F3N8O13S4. The number of alkyl halides is 3. The predicted octanol–water partition coefficient (Wildman–Crippen LogP) is 19.8. The van der Waals surface area contributed by atoms with Crippen molar-refractivity contribution in [3.63, 3.8) is 0 Å². The molecule has 8 saturated heterocycles. The van der Waals surface area contributed by atoms with Gasteiger partial charge in [0, 0.05) is 139 Å². The van der Waals surface area contributed by atoms with Gasteiger partial charge in [0.2, 0.25) is 40.1 Å². The van der Waals surface area contributed by atoms with E-state index in [2.05, 4.69) is 137 Å². The molecule has 0 bridgehead atoms. The van der Waals surface area contributed by atoms with Crippen molar-refractivity contribution < 1.29 is 71.6 Å². The van der Waals surface area contributed by atoms with E-state index in [4.69, 9.17) is 9.47 Å². The molecule has 12 atom stereocenters. The number of hydrogen-bond acceptors (Lipinski definition) is 17. The zero-order valence-electron chi connectivity index (χ0n) is 83.9. The van der Waals surface area contributed by atoms with Crippen LogP contribution >= 0.6 is 0 Å². The van der Waals surface area contributed by atoms with E-state index < -0.39 is 51.8 Å². The second-order valence-electron chi connectivity index (χ2n) is 39.9. The largest absolute Gasteiger partial charge is 0.508 e. The van der Waals surface area contributed by atoms with E-state index in [1.165, 1.54) is 45.0 Å². The van der Waals surface area contributed by atoms with E-state index in [0.29, 0.717) is 96.3 Å². The third-order valence-electron chi connectivity index (χ3n) is 31.4. The van der Waals surface area contributed by atoms with Gasteiger partial charge < -0.3 is 24.8 Å². The minimum atomic E-state index is -4.40. The highest BCUT2D eigenvalue weighted by Gasteiger charge is 2.55. The Kier molecular flexibility index (Phi) is 33.7. The number of rotatable bonds is 22. The number of aliphatic hydroxyl groups is 2. The summed E-state index contributed by atoms with van der Waals surface area (Å²) in [7, 11) is -11.0. The maximum atomic E-state index is 13.7. The van der Waals surface area contributed by atoms with Gasteiger partial charge in [-0.25, -0.2) is 33.7 Å². The number of halogens is 3. The topological polar surface area (TPSA) is 242 Å². The van der Waals surface area contributed by atoms with Crippen molar-refractivity contribution >= 4 is 40.1 Å². The van der Waals surface area contributed by atoms with Gasteiger partial charge in [0.25, 0.3) is 0 Å². The van der Waals surface area contributed by atoms with Crippen molar-refractivity contribution in [3.05, 3.63) is 352 Å². The number of ether oxygens (including phenoxy) is 2. The number of phenols is 1. The second kappa shape index (κ2) is 46.1. The minimum absolute atomic E-state index is 0.0119. The molecule has 8 aliphatic rings. The number of nitrogens with zero attached hydrogens (tertiary/aromatic N) is 8. The van der Waals surface area contributed by atoms with Crippen LogP contribution in [-0.4, -0.2) is 253 Å². The molecule has 12 aromatic rings. The van der Waals surface area contributed by atoms with E-state index in [1.54, 1.807) is 92.1 Å². The van der Waals surface area contributed by atoms with Gasteiger partial charge in [-0.3, -0.25) is 19.6 Å². The van der Waals surface area contributed by atoms with Gasteiger partial charge in [-0.1, -0.05) is 243 Å². The molecule has 145 heavy (non-hydrogen) atoms. The molecule has 0 aromatic heterocycles. The van der Waals surface area contributed by atoms with Crippen molar-refractivity contribution in [1.82, 2.24) is 36.8 Å². The Morgan fingerprint density at radius 3 is 0.890 bits per heavy atom. The normalized spacial score (nSPS) is 23.4. The van der Waals surface area contributed by atoms with Gasteiger partial charge in [0.05, 0.1) is 51.6 Å². The molecule has 0 saturated carbocycles. The second-order valence-corrected chi connectivity index (χ2v) is 47.6. The molecule has 8 heterocycles. The van der Waals surface area contributed by atoms with Crippen LogP contribution < -0.4 is 0 Å². The van der Waals surface area contributed by atoms with Gasteiger partial charge in [0.1, 0.15) is 5.75 Å². The summed E-state index contributed by atoms with van der Waals surface area (Å²) in [5, 5.41) is 30.3. The van der Waals surface area contributed by atoms with E-state index in [1.807, 2.05) is 137 Å². The molecule has 12 aromatic carbocycles. The first-order valence-corrected chi connectivity index (χ1v) is 56.5. The third kappa shape index (κ3) is 22.6. The summed E-state index contributed by atoms with van der Waals surface area (Å²) < 4.78 is 167. The maximum absolute atomic E-state index is 13.7. The van der Waals surface area contributed by atoms with Gasteiger partial charge in [-0.2, -0.15) is 30.4 Å². The zero-order valence-corrected chi connectivity index (χ0v) is 87.1. The molecule has 20 rings (SSSR count). The molecule has 0 aliphatic carbocycles. The fourth-order valence-electron chi connectivity index (χ4n) is 23.6. The van der Waals surface area contributed by atoms with Crippen LogP contribution in [0.15, 0.2) is 311 Å². The lowest BCUT2D eigenvalue weighted by molar-refractivity contribution is -0.137. The molecule has 3 N–H and O–H groups in total. The van der Waals surface area contributed by atoms with E-state index >= 15 is 0 Å². The SMILES string of the molecule is COC[C@@H]1[C@@H](c2ccc(-c3cccc(C(F)(F)F)c3)cc2)C2CN(S(=O)(=O)c3ccccc3C)CCCCN21.COC[C@@H]1[C@@H](c2ccc(-c3ccccc3)cc2)C2CN(S(=O)(=O)c3ccccc3C)CCCCN21.Cc1ccccc1S(=O)(=O)N1CCCCN2C(C1)[C@H](c1ccc(-c3cccc(C)c3C)cc1)[C@H]2CO.Cc1ccccc1S(=O)(=O)N1CCCCN2C(C1)[C@H](c1ccc(-c3cccc(O)c3)cc1)[C@H]2CO. The number of methoxy groups -OCH3 is 2. The number of sulfonamides is 4. The Balaban J connectivity index is 0.000000133. The van der Waals surface area contributed by atoms with Crippen molar-refractivity contribution in [2.45, 2.75) is 191 Å². The number of aliphatic hydroxyl groups excluding tert-OH is 2. The van der Waals surface area contributed by atoms with Crippen LogP contribution in [0.5, 0.6) is 5.75 Å². The van der Waals surface area contributed by atoms with Crippen molar-refractivity contribution in [1.29, 1.82) is 0 Å². The average molecular weight is 2050 g/mol. The van der Waals surface area contributed by atoms with E-state index in [-0.39, 0.29) is 91.0 Å². The Labute approximate surface area is 855 Å². The number of aryl methyl sites for hydroxylation is 5. The lowest BCUT2D eigenvalue weighted by atomic mass is 9.74. The van der Waals surface area contributed by atoms with Crippen molar-refractivity contribution in [2.75, 3.05) is 119 Å². The Morgan fingerprint density at radius 2 is 0.566 bits per heavy atom. The number of aromatic hydroxyl groups is 1. The first-order chi connectivity index (χ1) is 69.8. The summed E-state index contributed by atoms with van der Waals surface area (Å²) in [6.07, 6.45) is 2.56. The van der Waals surface area contributed by atoms with Crippen LogP contribution in [0.25, 0.3) is 44.5 Å². The molecule has 766 valence electrons. The average Bonchev–Trinajstić information content (AvgIpc) is 0.753. The Bertz CT molecular complexity index is 6940. The summed E-state index contributed by atoms with van der Waals surface area (Å²) in [6.45, 7) is 20.4. The molecular weight excluding hydrogens is 1910 g/mol. The molecule has 0 radical (unpaired) electrons. The summed E-state index contributed by atoms with van der Waals surface area (Å²) >= 11 is 0. The molecule has 0 spiro atoms. The monoisotopic (exact) mass is 2040 g/mol. The highest BCUT2D eigenvalue weighted by molar-refractivity contribution is 7.90. The summed E-state index contributed by atoms with van der Waals surface area (Å²) in [4.78, 5) is 11.0. The number of benzene rings is 12. The Hall–Kier alpha value is -10.5. The van der Waals surface area contributed by atoms with Crippen molar-refractivity contribution in [2.24, 2.45) is 0 Å². The smallest absolute Gasteiger partial charge is 0.416 e. The van der Waals surface area contributed by atoms with Crippen LogP contribution in [0.1, 0.15) is 136 Å². The number of fused-ring (bicyclic) bond motifs is 4. The Morgan fingerprint density at radius 1 is 0.297 bits per heavy atom. The standard InChI is InChI=1S/C30H33F3N2O3S.C30H36N2O3S.C29H34N2O3S.C28H32N2O4S/c1-21-8-3-4-11-28(21)39(36,37)34-16-5-6-17-35-26(19-34)29(27(35)20-38-2)23-14-12-22(13-15-23)24-9-7-10-25(18-24)30(31,32)33;1-21-10-8-11-26(23(21)3)24-13-15-25(16-14-24)30-27-19-31(17-6-7-18-32(27)28(30)20-33)36(34,35)29-12-5-4-9-22(29)2;1-22-10-6-7-13-28(22)35(32,33)30-18-8-9-19-31-26(20-30)29(27(31)21-34-2)25-16-14-24(15-17-25)23-11-4-3-5-12-23;1-20-7-2-3-10-27(20)35(33,34)29-15-4-5-16-30-25(18-29)28(26(30)19-31)22-13-11-21(12-14-22)23-8-6-9-24(32)17-23/h3-4,7-15,18,26-27,29H,5-6,16-17,19-20H2,1-2H3;4-5,8-16,27-28,30,33H,6-7,17-20H2,1-3H3;3-7,10-17,26-27,29H,8-9,18-21H2,1-2H3;2-3,6-14,17,25-26,28,31-32H,4-5,15-16,18-19H2,1H3/t26?,27-,29+;27?,28-,30+;26?,27-,29+;25?,26-,28+/m1111/s1. The first-order valence-electron chi connectivity index (χ1n) is 50.8. The molecule has 21 nitrogen and oxygen atoms in total. The highest BCUT2D eigenvalue weighted by atomic mass is 32.2. The quantitative estimate of drug-likeness (QED) is 0.0571. The van der Waals surface area contributed by atoms with Crippen molar-refractivity contribution in [3.8, 4) is 50.3 Å². The number of phenolic OH excluding ortho intramolecular Hbond substituents is 1. The lowest BCUT2D eigenvalue weighted by Gasteiger charge is -2.57. The van der Waals surface area contributed by atoms with Crippen LogP contribution in [0.4, 0.5) is 13.2 Å². The molecule has 8 fully saturated rings. The van der Waals surface area contributed by atoms with Gasteiger partial charge in [-0.05, 0) is 268 Å². The van der Waals surface area contributed by atoms with Crippen LogP contribution in [-0.2, 0) is 55.7 Å². The highest BCUT2D eigenvalue weighted by Crippen LogP contribution is 2.50. The summed E-state index contributed by atoms with van der Waals surface area (Å²) in [6, 6.07) is 91.8. The van der Waals surface area contributed by atoms with Crippen LogP contribution in [0.2, 0.25) is 0 Å². The van der Waals surface area contributed by atoms with Gasteiger partial charge in [0.15, 0.2) is 0 Å². The summed E-state index contributed by atoms with van der Waals surface area (Å²) in [5.41, 5.74) is 17.4. The third-order valence-corrected chi connectivity index (χ3v) is 39.5. The molecule has 8 aliphatic heterocycles. The fraction of sp³-hybridized carbons (Fsp3) is 0.385. The lowest BCUT2D eigenvalue weighted by Crippen LogP contribution is -2.68.